The van der Waals surface area contributed by atoms with Crippen LogP contribution in [0.3, 0.4) is 0 Å². The first kappa shape index (κ1) is 14.1. The van der Waals surface area contributed by atoms with Gasteiger partial charge in [-0.2, -0.15) is 0 Å². The Morgan fingerprint density at radius 1 is 1.00 bits per heavy atom. The molecule has 1 aliphatic heterocycles. The van der Waals surface area contributed by atoms with Crippen molar-refractivity contribution < 1.29 is 9.31 Å². The van der Waals surface area contributed by atoms with E-state index in [9.17, 15) is 0 Å². The summed E-state index contributed by atoms with van der Waals surface area (Å²) in [6, 6.07) is 6.52. The van der Waals surface area contributed by atoms with Crippen LogP contribution < -0.4 is 5.46 Å². The van der Waals surface area contributed by atoms with Crippen molar-refractivity contribution in [1.82, 2.24) is 0 Å². The van der Waals surface area contributed by atoms with E-state index in [-0.39, 0.29) is 18.3 Å². The molecule has 1 saturated heterocycles. The maximum Gasteiger partial charge on any atom is 0.494 e. The van der Waals surface area contributed by atoms with Crippen molar-refractivity contribution in [2.75, 3.05) is 0 Å². The highest BCUT2D eigenvalue weighted by Gasteiger charge is 2.51. The van der Waals surface area contributed by atoms with E-state index in [0.29, 0.717) is 0 Å². The van der Waals surface area contributed by atoms with Gasteiger partial charge in [-0.05, 0) is 64.0 Å². The Kier molecular flexibility index (Phi) is 3.05. The molecule has 0 radical (unpaired) electrons. The molecule has 1 aliphatic rings. The van der Waals surface area contributed by atoms with Crippen LogP contribution in [-0.4, -0.2) is 18.3 Å². The van der Waals surface area contributed by atoms with E-state index in [0.717, 1.165) is 5.46 Å². The quantitative estimate of drug-likeness (QED) is 0.743. The summed E-state index contributed by atoms with van der Waals surface area (Å²) in [5.41, 5.74) is 1.90. The molecule has 0 N–H and O–H groups in total. The van der Waals surface area contributed by atoms with Crippen LogP contribution >= 0.6 is 11.3 Å². The molecule has 20 heavy (non-hydrogen) atoms. The minimum Gasteiger partial charge on any atom is -0.399 e. The molecule has 0 unspecified atom stereocenters. The predicted molar refractivity (Wildman–Crippen MR) is 87.0 cm³/mol. The molecule has 1 aromatic heterocycles. The standard InChI is InChI=1S/C16H21BO2S/c1-10-11(2)20-14-8-7-12(9-13(10)14)17-18-15(3,4)16(5,6)19-17/h7-9H,1-6H3. The summed E-state index contributed by atoms with van der Waals surface area (Å²) < 4.78 is 13.6. The Morgan fingerprint density at radius 3 is 2.20 bits per heavy atom. The van der Waals surface area contributed by atoms with E-state index in [1.54, 1.807) is 0 Å². The summed E-state index contributed by atoms with van der Waals surface area (Å²) in [6.45, 7) is 12.7. The summed E-state index contributed by atoms with van der Waals surface area (Å²) in [7, 11) is -0.274. The molecule has 2 nitrogen and oxygen atoms in total. The van der Waals surface area contributed by atoms with Gasteiger partial charge in [0, 0.05) is 9.58 Å². The molecule has 0 atom stereocenters. The number of fused-ring (bicyclic) bond motifs is 1. The van der Waals surface area contributed by atoms with Crippen LogP contribution in [-0.2, 0) is 9.31 Å². The Labute approximate surface area is 125 Å². The average molecular weight is 288 g/mol. The lowest BCUT2D eigenvalue weighted by atomic mass is 9.78. The molecular formula is C16H21BO2S. The molecule has 1 fully saturated rings. The lowest BCUT2D eigenvalue weighted by Gasteiger charge is -2.32. The number of hydrogen-bond donors (Lipinski definition) is 0. The van der Waals surface area contributed by atoms with Crippen molar-refractivity contribution in [1.29, 1.82) is 0 Å². The van der Waals surface area contributed by atoms with E-state index >= 15 is 0 Å². The highest BCUT2D eigenvalue weighted by atomic mass is 32.1. The fraction of sp³-hybridized carbons (Fsp3) is 0.500. The zero-order valence-electron chi connectivity index (χ0n) is 13.0. The van der Waals surface area contributed by atoms with Crippen LogP contribution in [0.1, 0.15) is 38.1 Å². The highest BCUT2D eigenvalue weighted by Crippen LogP contribution is 2.37. The zero-order chi connectivity index (χ0) is 14.7. The van der Waals surface area contributed by atoms with Crippen LogP contribution in [0.15, 0.2) is 18.2 Å². The monoisotopic (exact) mass is 288 g/mol. The first-order valence-corrected chi connectivity index (χ1v) is 7.88. The first-order valence-electron chi connectivity index (χ1n) is 7.06. The summed E-state index contributed by atoms with van der Waals surface area (Å²) in [5.74, 6) is 0. The Bertz CT molecular complexity index is 656. The van der Waals surface area contributed by atoms with Gasteiger partial charge in [0.25, 0.3) is 0 Å². The van der Waals surface area contributed by atoms with Gasteiger partial charge in [0.05, 0.1) is 11.2 Å². The molecule has 0 spiro atoms. The fourth-order valence-corrected chi connectivity index (χ4v) is 3.54. The van der Waals surface area contributed by atoms with Crippen LogP contribution in [0.4, 0.5) is 0 Å². The Morgan fingerprint density at radius 2 is 1.60 bits per heavy atom. The van der Waals surface area contributed by atoms with Gasteiger partial charge in [-0.25, -0.2) is 0 Å². The molecule has 106 valence electrons. The van der Waals surface area contributed by atoms with Crippen molar-refractivity contribution in [2.45, 2.75) is 52.7 Å². The van der Waals surface area contributed by atoms with E-state index in [2.05, 4.69) is 59.7 Å². The van der Waals surface area contributed by atoms with Gasteiger partial charge < -0.3 is 9.31 Å². The van der Waals surface area contributed by atoms with Gasteiger partial charge in [0.1, 0.15) is 0 Å². The van der Waals surface area contributed by atoms with Gasteiger partial charge >= 0.3 is 7.12 Å². The number of hydrogen-bond acceptors (Lipinski definition) is 3. The fourth-order valence-electron chi connectivity index (χ4n) is 2.49. The van der Waals surface area contributed by atoms with E-state index in [1.165, 1.54) is 20.5 Å². The third-order valence-electron chi connectivity index (χ3n) is 4.72. The second-order valence-corrected chi connectivity index (χ2v) is 7.88. The molecule has 0 saturated carbocycles. The van der Waals surface area contributed by atoms with Gasteiger partial charge in [-0.3, -0.25) is 0 Å². The summed E-state index contributed by atoms with van der Waals surface area (Å²) >= 11 is 1.85. The van der Waals surface area contributed by atoms with Crippen LogP contribution in [0.2, 0.25) is 0 Å². The topological polar surface area (TPSA) is 18.5 Å². The van der Waals surface area contributed by atoms with Crippen LogP contribution in [0, 0.1) is 13.8 Å². The Hall–Kier alpha value is -0.835. The largest absolute Gasteiger partial charge is 0.494 e. The van der Waals surface area contributed by atoms with Crippen molar-refractivity contribution >= 4 is 34.0 Å². The minimum absolute atomic E-state index is 0.274. The maximum atomic E-state index is 6.13. The van der Waals surface area contributed by atoms with E-state index in [1.807, 2.05) is 11.3 Å². The number of rotatable bonds is 1. The molecular weight excluding hydrogens is 267 g/mol. The molecule has 2 heterocycles. The zero-order valence-corrected chi connectivity index (χ0v) is 13.9. The van der Waals surface area contributed by atoms with Gasteiger partial charge in [-0.15, -0.1) is 11.3 Å². The molecule has 1 aromatic carbocycles. The molecule has 4 heteroatoms. The molecule has 0 bridgehead atoms. The number of benzene rings is 1. The van der Waals surface area contributed by atoms with Crippen molar-refractivity contribution in [2.24, 2.45) is 0 Å². The minimum atomic E-state index is -0.285. The lowest BCUT2D eigenvalue weighted by molar-refractivity contribution is 0.00578. The molecule has 0 amide bonds. The third-order valence-corrected chi connectivity index (χ3v) is 5.91. The van der Waals surface area contributed by atoms with Crippen LogP contribution in [0.25, 0.3) is 10.1 Å². The summed E-state index contributed by atoms with van der Waals surface area (Å²) in [6.07, 6.45) is 0. The smallest absolute Gasteiger partial charge is 0.399 e. The first-order chi connectivity index (χ1) is 9.21. The summed E-state index contributed by atoms with van der Waals surface area (Å²) in [4.78, 5) is 1.38. The third kappa shape index (κ3) is 2.02. The van der Waals surface area contributed by atoms with Crippen molar-refractivity contribution in [3.8, 4) is 0 Å². The van der Waals surface area contributed by atoms with Gasteiger partial charge in [0.15, 0.2) is 0 Å². The number of aryl methyl sites for hydroxylation is 2. The molecule has 3 rings (SSSR count). The van der Waals surface area contributed by atoms with Crippen LogP contribution in [0.5, 0.6) is 0 Å². The normalized spacial score (nSPS) is 20.8. The lowest BCUT2D eigenvalue weighted by Crippen LogP contribution is -2.41. The predicted octanol–water partition coefficient (Wildman–Crippen LogP) is 3.82. The maximum absolute atomic E-state index is 6.13. The SMILES string of the molecule is Cc1sc2ccc(B3OC(C)(C)C(C)(C)O3)cc2c1C. The second-order valence-electron chi connectivity index (χ2n) is 6.63. The Balaban J connectivity index is 2.02. The van der Waals surface area contributed by atoms with Crippen molar-refractivity contribution in [3.05, 3.63) is 28.6 Å². The van der Waals surface area contributed by atoms with E-state index in [4.69, 9.17) is 9.31 Å². The number of thiophene rings is 1. The molecule has 0 aliphatic carbocycles. The average Bonchev–Trinajstić information content (AvgIpc) is 2.74. The van der Waals surface area contributed by atoms with E-state index < -0.39 is 0 Å². The van der Waals surface area contributed by atoms with Gasteiger partial charge in [0.2, 0.25) is 0 Å². The van der Waals surface area contributed by atoms with Gasteiger partial charge in [-0.1, -0.05) is 12.1 Å². The second kappa shape index (κ2) is 4.33. The summed E-state index contributed by atoms with van der Waals surface area (Å²) in [5, 5.41) is 1.32. The van der Waals surface area contributed by atoms with Crippen molar-refractivity contribution in [3.63, 3.8) is 0 Å². The highest BCUT2D eigenvalue weighted by molar-refractivity contribution is 7.19. The molecule has 2 aromatic rings.